The quantitative estimate of drug-likeness (QED) is 0.897. The van der Waals surface area contributed by atoms with Gasteiger partial charge in [0.05, 0.1) is 17.3 Å². The van der Waals surface area contributed by atoms with Crippen LogP contribution in [-0.4, -0.2) is 31.1 Å². The van der Waals surface area contributed by atoms with Crippen LogP contribution in [0.2, 0.25) is 0 Å². The number of carbonyl (C=O) groups excluding carboxylic acids is 1. The van der Waals surface area contributed by atoms with Crippen molar-refractivity contribution < 1.29 is 9.53 Å². The summed E-state index contributed by atoms with van der Waals surface area (Å²) in [5.74, 6) is 1.35. The SMILES string of the molecule is COc1ccc2nc(NC(=O)CC3CCNCC3)sc2c1.Cl. The van der Waals surface area contributed by atoms with Crippen LogP contribution in [0.5, 0.6) is 5.75 Å². The van der Waals surface area contributed by atoms with E-state index in [-0.39, 0.29) is 18.3 Å². The van der Waals surface area contributed by atoms with Crippen molar-refractivity contribution in [1.29, 1.82) is 0 Å². The van der Waals surface area contributed by atoms with Crippen LogP contribution in [-0.2, 0) is 4.79 Å². The van der Waals surface area contributed by atoms with Gasteiger partial charge in [-0.1, -0.05) is 11.3 Å². The van der Waals surface area contributed by atoms with Crippen LogP contribution in [0.3, 0.4) is 0 Å². The molecule has 5 nitrogen and oxygen atoms in total. The molecule has 0 bridgehead atoms. The Morgan fingerprint density at radius 3 is 2.95 bits per heavy atom. The van der Waals surface area contributed by atoms with Gasteiger partial charge in [-0.3, -0.25) is 4.79 Å². The number of ether oxygens (including phenoxy) is 1. The van der Waals surface area contributed by atoms with E-state index in [4.69, 9.17) is 4.74 Å². The lowest BCUT2D eigenvalue weighted by Crippen LogP contribution is -2.30. The zero-order valence-corrected chi connectivity index (χ0v) is 14.1. The van der Waals surface area contributed by atoms with E-state index in [0.29, 0.717) is 17.5 Å². The zero-order chi connectivity index (χ0) is 14.7. The van der Waals surface area contributed by atoms with Crippen molar-refractivity contribution >= 4 is 45.0 Å². The molecular weight excluding hydrogens is 322 g/mol. The van der Waals surface area contributed by atoms with Crippen molar-refractivity contribution in [3.8, 4) is 5.75 Å². The average Bonchev–Trinajstić information content (AvgIpc) is 2.89. The van der Waals surface area contributed by atoms with Crippen LogP contribution in [0.15, 0.2) is 18.2 Å². The fourth-order valence-electron chi connectivity index (χ4n) is 2.60. The van der Waals surface area contributed by atoms with Gasteiger partial charge in [0.25, 0.3) is 0 Å². The first-order valence-corrected chi connectivity index (χ1v) is 8.01. The Hall–Kier alpha value is -1.37. The summed E-state index contributed by atoms with van der Waals surface area (Å²) in [6.07, 6.45) is 2.73. The topological polar surface area (TPSA) is 63.2 Å². The Morgan fingerprint density at radius 1 is 1.45 bits per heavy atom. The number of thiazole rings is 1. The molecule has 3 rings (SSSR count). The number of nitrogens with one attached hydrogen (secondary N) is 2. The minimum Gasteiger partial charge on any atom is -0.497 e. The molecule has 1 aromatic carbocycles. The number of amides is 1. The van der Waals surface area contributed by atoms with E-state index in [0.717, 1.165) is 41.9 Å². The number of rotatable bonds is 4. The maximum atomic E-state index is 12.1. The molecule has 1 amide bonds. The maximum Gasteiger partial charge on any atom is 0.226 e. The monoisotopic (exact) mass is 341 g/mol. The first kappa shape index (κ1) is 17.0. The van der Waals surface area contributed by atoms with Gasteiger partial charge in [-0.25, -0.2) is 4.98 Å². The van der Waals surface area contributed by atoms with Crippen molar-refractivity contribution in [1.82, 2.24) is 10.3 Å². The summed E-state index contributed by atoms with van der Waals surface area (Å²) in [5.41, 5.74) is 0.887. The lowest BCUT2D eigenvalue weighted by Gasteiger charge is -2.21. The van der Waals surface area contributed by atoms with E-state index in [1.165, 1.54) is 11.3 Å². The van der Waals surface area contributed by atoms with Gasteiger partial charge in [-0.2, -0.15) is 0 Å². The molecular formula is C15H20ClN3O2S. The first-order valence-electron chi connectivity index (χ1n) is 7.20. The molecule has 1 aliphatic heterocycles. The minimum absolute atomic E-state index is 0. The number of anilines is 1. The Morgan fingerprint density at radius 2 is 2.23 bits per heavy atom. The molecule has 2 N–H and O–H groups in total. The summed E-state index contributed by atoms with van der Waals surface area (Å²) in [6, 6.07) is 5.73. The number of hydrogen-bond donors (Lipinski definition) is 2. The second kappa shape index (κ2) is 7.76. The van der Waals surface area contributed by atoms with Gasteiger partial charge in [0.15, 0.2) is 5.13 Å². The number of methoxy groups -OCH3 is 1. The third-order valence-electron chi connectivity index (χ3n) is 3.77. The number of nitrogens with zero attached hydrogens (tertiary/aromatic N) is 1. The summed E-state index contributed by atoms with van der Waals surface area (Å²) in [6.45, 7) is 2.03. The first-order chi connectivity index (χ1) is 10.2. The van der Waals surface area contributed by atoms with Gasteiger partial charge in [0.1, 0.15) is 5.75 Å². The number of hydrogen-bond acceptors (Lipinski definition) is 5. The number of fused-ring (bicyclic) bond motifs is 1. The molecule has 0 unspecified atom stereocenters. The highest BCUT2D eigenvalue weighted by Crippen LogP contribution is 2.29. The fourth-order valence-corrected chi connectivity index (χ4v) is 3.51. The third-order valence-corrected chi connectivity index (χ3v) is 4.71. The number of aromatic nitrogens is 1. The van der Waals surface area contributed by atoms with Gasteiger partial charge >= 0.3 is 0 Å². The lowest BCUT2D eigenvalue weighted by atomic mass is 9.94. The molecule has 1 aliphatic rings. The summed E-state index contributed by atoms with van der Waals surface area (Å²) in [4.78, 5) is 16.5. The summed E-state index contributed by atoms with van der Waals surface area (Å²) in [5, 5.41) is 6.90. The molecule has 7 heteroatoms. The summed E-state index contributed by atoms with van der Waals surface area (Å²) >= 11 is 1.48. The van der Waals surface area contributed by atoms with Crippen molar-refractivity contribution in [2.45, 2.75) is 19.3 Å². The van der Waals surface area contributed by atoms with Gasteiger partial charge in [0.2, 0.25) is 5.91 Å². The van der Waals surface area contributed by atoms with Gasteiger partial charge in [0, 0.05) is 6.42 Å². The predicted molar refractivity (Wildman–Crippen MR) is 92.3 cm³/mol. The van der Waals surface area contributed by atoms with Crippen molar-refractivity contribution in [3.63, 3.8) is 0 Å². The standard InChI is InChI=1S/C15H19N3O2S.ClH/c1-20-11-2-3-12-13(9-11)21-15(17-12)18-14(19)8-10-4-6-16-7-5-10;/h2-3,9-10,16H,4-8H2,1H3,(H,17,18,19);1H. The number of halogens is 1. The fraction of sp³-hybridized carbons (Fsp3) is 0.467. The van der Waals surface area contributed by atoms with Gasteiger partial charge in [-0.05, 0) is 50.0 Å². The normalized spacial score (nSPS) is 15.3. The van der Waals surface area contributed by atoms with Crippen LogP contribution < -0.4 is 15.4 Å². The molecule has 1 aromatic heterocycles. The van der Waals surface area contributed by atoms with Gasteiger partial charge in [-0.15, -0.1) is 12.4 Å². The van der Waals surface area contributed by atoms with E-state index in [1.54, 1.807) is 7.11 Å². The Labute approximate surface area is 139 Å². The molecule has 1 fully saturated rings. The molecule has 0 saturated carbocycles. The number of carbonyl (C=O) groups is 1. The molecule has 1 saturated heterocycles. The third kappa shape index (κ3) is 4.09. The van der Waals surface area contributed by atoms with Crippen molar-refractivity contribution in [2.75, 3.05) is 25.5 Å². The summed E-state index contributed by atoms with van der Waals surface area (Å²) in [7, 11) is 1.64. The molecule has 0 aliphatic carbocycles. The van der Waals surface area contributed by atoms with E-state index in [2.05, 4.69) is 15.6 Å². The van der Waals surface area contributed by atoms with Crippen molar-refractivity contribution in [2.24, 2.45) is 5.92 Å². The largest absolute Gasteiger partial charge is 0.497 e. The highest BCUT2D eigenvalue weighted by atomic mass is 35.5. The molecule has 0 spiro atoms. The van der Waals surface area contributed by atoms with E-state index < -0.39 is 0 Å². The molecule has 22 heavy (non-hydrogen) atoms. The number of piperidine rings is 1. The van der Waals surface area contributed by atoms with E-state index in [9.17, 15) is 4.79 Å². The lowest BCUT2D eigenvalue weighted by molar-refractivity contribution is -0.117. The molecule has 0 radical (unpaired) electrons. The Kier molecular flexibility index (Phi) is 5.99. The van der Waals surface area contributed by atoms with Crippen LogP contribution in [0.1, 0.15) is 19.3 Å². The average molecular weight is 342 g/mol. The van der Waals surface area contributed by atoms with Gasteiger partial charge < -0.3 is 15.4 Å². The van der Waals surface area contributed by atoms with Crippen molar-refractivity contribution in [3.05, 3.63) is 18.2 Å². The minimum atomic E-state index is 0. The van der Waals surface area contributed by atoms with Crippen LogP contribution in [0, 0.1) is 5.92 Å². The smallest absolute Gasteiger partial charge is 0.226 e. The predicted octanol–water partition coefficient (Wildman–Crippen LogP) is 3.05. The Balaban J connectivity index is 0.00000176. The zero-order valence-electron chi connectivity index (χ0n) is 12.4. The molecule has 2 heterocycles. The maximum absolute atomic E-state index is 12.1. The molecule has 120 valence electrons. The van der Waals surface area contributed by atoms with Crippen LogP contribution >= 0.6 is 23.7 Å². The van der Waals surface area contributed by atoms with E-state index in [1.807, 2.05) is 18.2 Å². The highest BCUT2D eigenvalue weighted by Gasteiger charge is 2.17. The number of benzene rings is 1. The van der Waals surface area contributed by atoms with E-state index >= 15 is 0 Å². The van der Waals surface area contributed by atoms with Crippen LogP contribution in [0.25, 0.3) is 10.2 Å². The van der Waals surface area contributed by atoms with Crippen LogP contribution in [0.4, 0.5) is 5.13 Å². The Bertz CT molecular complexity index is 641. The second-order valence-electron chi connectivity index (χ2n) is 5.30. The molecule has 0 atom stereocenters. The second-order valence-corrected chi connectivity index (χ2v) is 6.33. The molecule has 2 aromatic rings. The summed E-state index contributed by atoms with van der Waals surface area (Å²) < 4.78 is 6.22. The highest BCUT2D eigenvalue weighted by molar-refractivity contribution is 7.22.